The van der Waals surface area contributed by atoms with Gasteiger partial charge in [0.15, 0.2) is 5.78 Å². The number of alkyl halides is 3. The van der Waals surface area contributed by atoms with Gasteiger partial charge in [0.05, 0.1) is 10.5 Å². The summed E-state index contributed by atoms with van der Waals surface area (Å²) >= 11 is 5.80. The number of para-hydroxylation sites is 1. The minimum atomic E-state index is -5.45. The van der Waals surface area contributed by atoms with E-state index in [1.807, 2.05) is 0 Å². The van der Waals surface area contributed by atoms with Gasteiger partial charge in [-0.2, -0.15) is 13.2 Å². The number of nitrogens with one attached hydrogen (secondary N) is 2. The molecule has 0 bridgehead atoms. The Morgan fingerprint density at radius 3 is 2.40 bits per heavy atom. The Labute approximate surface area is 199 Å². The van der Waals surface area contributed by atoms with Crippen molar-refractivity contribution in [2.24, 2.45) is 5.92 Å². The highest BCUT2D eigenvalue weighted by Gasteiger charge is 2.66. The number of nitrogens with zero attached hydrogens (tertiary/aromatic N) is 1. The van der Waals surface area contributed by atoms with Gasteiger partial charge in [0.25, 0.3) is 5.69 Å². The molecule has 9 nitrogen and oxygen atoms in total. The molecule has 0 spiro atoms. The molecular weight excluding hydrogens is 495 g/mol. The molecular formula is C22H15ClF3N3O6. The number of carbonyl (C=O) groups excluding carboxylic acids is 2. The lowest BCUT2D eigenvalue weighted by Crippen LogP contribution is -2.72. The Hall–Kier alpha value is -3.90. The van der Waals surface area contributed by atoms with Crippen molar-refractivity contribution in [3.8, 4) is 11.3 Å². The average molecular weight is 510 g/mol. The Morgan fingerprint density at radius 1 is 1.11 bits per heavy atom. The van der Waals surface area contributed by atoms with Gasteiger partial charge < -0.3 is 20.2 Å². The molecule has 35 heavy (non-hydrogen) atoms. The average Bonchev–Trinajstić information content (AvgIpc) is 3.28. The van der Waals surface area contributed by atoms with Crippen LogP contribution in [-0.2, 0) is 0 Å². The van der Waals surface area contributed by atoms with Gasteiger partial charge in [0.2, 0.25) is 5.72 Å². The predicted octanol–water partition coefficient (Wildman–Crippen LogP) is 4.61. The second-order valence-corrected chi connectivity index (χ2v) is 8.10. The molecule has 13 heteroatoms. The molecule has 0 saturated carbocycles. The third kappa shape index (κ3) is 4.33. The van der Waals surface area contributed by atoms with Crippen LogP contribution in [0.2, 0.25) is 5.02 Å². The van der Waals surface area contributed by atoms with Crippen LogP contribution in [0.1, 0.15) is 22.2 Å². The summed E-state index contributed by atoms with van der Waals surface area (Å²) in [5, 5.41) is 25.8. The highest BCUT2D eigenvalue weighted by Crippen LogP contribution is 2.45. The van der Waals surface area contributed by atoms with Crippen molar-refractivity contribution in [2.75, 3.05) is 0 Å². The summed E-state index contributed by atoms with van der Waals surface area (Å²) in [4.78, 5) is 36.1. The standard InChI is InChI=1S/C22H15ClF3N3O6/c23-12-7-5-11(6-8-12)19(30)17-18(27-20(31)28-21(17,32)22(24,25)26)16-10-9-15(35-16)13-3-1-2-4-14(13)29(33)34/h1-10,17-18,32H,(H2,27,28,31)/t17-,18+,21+/m1/s1. The van der Waals surface area contributed by atoms with Gasteiger partial charge in [-0.3, -0.25) is 14.9 Å². The predicted molar refractivity (Wildman–Crippen MR) is 115 cm³/mol. The van der Waals surface area contributed by atoms with Gasteiger partial charge in [-0.05, 0) is 42.5 Å². The number of nitro groups is 1. The number of nitro benzene ring substituents is 1. The smallest absolute Gasteiger partial charge is 0.437 e. The van der Waals surface area contributed by atoms with Gasteiger partial charge in [-0.1, -0.05) is 23.7 Å². The fourth-order valence-corrected chi connectivity index (χ4v) is 4.00. The molecule has 1 saturated heterocycles. The number of urea groups is 1. The maximum atomic E-state index is 14.0. The highest BCUT2D eigenvalue weighted by molar-refractivity contribution is 6.30. The number of rotatable bonds is 5. The largest absolute Gasteiger partial charge is 0.459 e. The molecule has 182 valence electrons. The van der Waals surface area contributed by atoms with E-state index < -0.39 is 40.6 Å². The molecule has 1 aliphatic heterocycles. The molecule has 2 heterocycles. The summed E-state index contributed by atoms with van der Waals surface area (Å²) in [5.41, 5.74) is -4.47. The second kappa shape index (κ2) is 8.71. The summed E-state index contributed by atoms with van der Waals surface area (Å²) in [6, 6.07) is 9.64. The van der Waals surface area contributed by atoms with Crippen molar-refractivity contribution in [3.63, 3.8) is 0 Å². The number of hydrogen-bond donors (Lipinski definition) is 3. The topological polar surface area (TPSA) is 135 Å². The van der Waals surface area contributed by atoms with E-state index in [0.29, 0.717) is 0 Å². The van der Waals surface area contributed by atoms with E-state index in [-0.39, 0.29) is 33.4 Å². The first-order chi connectivity index (χ1) is 16.4. The normalized spacial score (nSPS) is 22.3. The summed E-state index contributed by atoms with van der Waals surface area (Å²) in [7, 11) is 0. The molecule has 1 fully saturated rings. The zero-order valence-corrected chi connectivity index (χ0v) is 18.1. The molecule has 3 atom stereocenters. The third-order valence-electron chi connectivity index (χ3n) is 5.52. The number of Topliss-reactive ketones (excluding diaryl/α,β-unsaturated/α-hetero) is 1. The lowest BCUT2D eigenvalue weighted by molar-refractivity contribution is -0.384. The maximum absolute atomic E-state index is 14.0. The lowest BCUT2D eigenvalue weighted by atomic mass is 9.79. The Balaban J connectivity index is 1.83. The van der Waals surface area contributed by atoms with Crippen molar-refractivity contribution >= 4 is 29.1 Å². The number of amides is 2. The van der Waals surface area contributed by atoms with E-state index in [1.54, 1.807) is 0 Å². The van der Waals surface area contributed by atoms with Crippen LogP contribution in [0.15, 0.2) is 65.1 Å². The summed E-state index contributed by atoms with van der Waals surface area (Å²) < 4.78 is 47.6. The van der Waals surface area contributed by atoms with Crippen molar-refractivity contribution in [2.45, 2.75) is 17.9 Å². The number of ketones is 1. The van der Waals surface area contributed by atoms with Gasteiger partial charge in [0, 0.05) is 16.7 Å². The van der Waals surface area contributed by atoms with Crippen LogP contribution >= 0.6 is 11.6 Å². The van der Waals surface area contributed by atoms with Gasteiger partial charge in [-0.15, -0.1) is 0 Å². The van der Waals surface area contributed by atoms with Crippen molar-refractivity contribution in [3.05, 3.63) is 87.1 Å². The van der Waals surface area contributed by atoms with E-state index >= 15 is 0 Å². The molecule has 1 aliphatic rings. The molecule has 2 amide bonds. The van der Waals surface area contributed by atoms with Crippen molar-refractivity contribution in [1.82, 2.24) is 10.6 Å². The first-order valence-corrected chi connectivity index (χ1v) is 10.3. The monoisotopic (exact) mass is 509 g/mol. The molecule has 2 aromatic carbocycles. The third-order valence-corrected chi connectivity index (χ3v) is 5.77. The quantitative estimate of drug-likeness (QED) is 0.261. The Bertz CT molecular complexity index is 1310. The molecule has 0 unspecified atom stereocenters. The van der Waals surface area contributed by atoms with E-state index in [4.69, 9.17) is 16.0 Å². The molecule has 3 N–H and O–H groups in total. The van der Waals surface area contributed by atoms with Crippen LogP contribution in [0.4, 0.5) is 23.7 Å². The van der Waals surface area contributed by atoms with E-state index in [1.165, 1.54) is 66.0 Å². The molecule has 0 aliphatic carbocycles. The maximum Gasteiger partial charge on any atom is 0.437 e. The van der Waals surface area contributed by atoms with Gasteiger partial charge in [0.1, 0.15) is 23.5 Å². The van der Waals surface area contributed by atoms with E-state index in [0.717, 1.165) is 0 Å². The van der Waals surface area contributed by atoms with Crippen LogP contribution in [-0.4, -0.2) is 33.7 Å². The van der Waals surface area contributed by atoms with Crippen LogP contribution in [0.25, 0.3) is 11.3 Å². The van der Waals surface area contributed by atoms with Crippen molar-refractivity contribution < 1.29 is 37.2 Å². The second-order valence-electron chi connectivity index (χ2n) is 7.67. The Kier molecular flexibility index (Phi) is 6.03. The van der Waals surface area contributed by atoms with Crippen LogP contribution in [0.5, 0.6) is 0 Å². The molecule has 4 rings (SSSR count). The van der Waals surface area contributed by atoms with Crippen LogP contribution in [0.3, 0.4) is 0 Å². The SMILES string of the molecule is O=C1N[C@@H](c2ccc(-c3ccccc3[N+](=O)[O-])o2)[C@H](C(=O)c2ccc(Cl)cc2)[C@](O)(C(F)(F)F)N1. The summed E-state index contributed by atoms with van der Waals surface area (Å²) in [5.74, 6) is -3.91. The fraction of sp³-hybridized carbons (Fsp3) is 0.182. The number of aliphatic hydroxyl groups is 1. The number of hydrogen-bond acceptors (Lipinski definition) is 6. The molecule has 3 aromatic rings. The van der Waals surface area contributed by atoms with Gasteiger partial charge in [-0.25, -0.2) is 4.79 Å². The lowest BCUT2D eigenvalue weighted by Gasteiger charge is -2.44. The molecule has 1 aromatic heterocycles. The van der Waals surface area contributed by atoms with E-state index in [9.17, 15) is 38.0 Å². The summed E-state index contributed by atoms with van der Waals surface area (Å²) in [6.45, 7) is 0. The molecule has 0 radical (unpaired) electrons. The summed E-state index contributed by atoms with van der Waals surface area (Å²) in [6.07, 6.45) is -5.45. The first-order valence-electron chi connectivity index (χ1n) is 9.93. The number of halogens is 4. The van der Waals surface area contributed by atoms with Gasteiger partial charge >= 0.3 is 12.2 Å². The number of furan rings is 1. The van der Waals surface area contributed by atoms with Crippen molar-refractivity contribution in [1.29, 1.82) is 0 Å². The Morgan fingerprint density at radius 2 is 1.77 bits per heavy atom. The fourth-order valence-electron chi connectivity index (χ4n) is 3.88. The highest BCUT2D eigenvalue weighted by atomic mass is 35.5. The van der Waals surface area contributed by atoms with Crippen LogP contribution < -0.4 is 10.6 Å². The minimum Gasteiger partial charge on any atom is -0.459 e. The number of benzene rings is 2. The zero-order chi connectivity index (χ0) is 25.5. The van der Waals surface area contributed by atoms with E-state index in [2.05, 4.69) is 5.32 Å². The van der Waals surface area contributed by atoms with Crippen LogP contribution in [0, 0.1) is 16.0 Å². The first kappa shape index (κ1) is 24.2. The zero-order valence-electron chi connectivity index (χ0n) is 17.4. The minimum absolute atomic E-state index is 0.0238. The number of carbonyl (C=O) groups is 2.